The molecule has 0 fully saturated rings. The summed E-state index contributed by atoms with van der Waals surface area (Å²) >= 11 is 0. The Balaban J connectivity index is 1.61. The molecule has 1 atom stereocenters. The number of H-pyrrole nitrogens is 1. The fourth-order valence-electron chi connectivity index (χ4n) is 3.06. The van der Waals surface area contributed by atoms with Crippen molar-refractivity contribution in [3.63, 3.8) is 0 Å². The van der Waals surface area contributed by atoms with Crippen LogP contribution in [0.2, 0.25) is 0 Å². The molecule has 6 nitrogen and oxygen atoms in total. The van der Waals surface area contributed by atoms with Gasteiger partial charge in [-0.2, -0.15) is 5.10 Å². The molecule has 1 unspecified atom stereocenters. The zero-order valence-electron chi connectivity index (χ0n) is 14.3. The number of fused-ring (bicyclic) bond motifs is 1. The smallest absolute Gasteiger partial charge is 0.231 e. The predicted octanol–water partition coefficient (Wildman–Crippen LogP) is 2.78. The minimum atomic E-state index is -0.0599. The third-order valence-electron chi connectivity index (χ3n) is 4.24. The molecule has 0 spiro atoms. The molecular formula is C19H20N4O2. The van der Waals surface area contributed by atoms with Gasteiger partial charge in [0.1, 0.15) is 5.82 Å². The van der Waals surface area contributed by atoms with Gasteiger partial charge in [-0.1, -0.05) is 36.4 Å². The Bertz CT molecular complexity index is 861. The van der Waals surface area contributed by atoms with E-state index in [1.54, 1.807) is 0 Å². The summed E-state index contributed by atoms with van der Waals surface area (Å²) in [6.07, 6.45) is 0.731. The van der Waals surface area contributed by atoms with Gasteiger partial charge in [0, 0.05) is 6.42 Å². The fraction of sp³-hybridized carbons (Fsp3) is 0.263. The normalized spacial score (nSPS) is 14.0. The molecule has 0 bridgehead atoms. The van der Waals surface area contributed by atoms with E-state index >= 15 is 0 Å². The highest BCUT2D eigenvalue weighted by Crippen LogP contribution is 2.36. The highest BCUT2D eigenvalue weighted by molar-refractivity contribution is 5.46. The molecule has 1 aliphatic rings. The van der Waals surface area contributed by atoms with Crippen molar-refractivity contribution in [2.24, 2.45) is 0 Å². The summed E-state index contributed by atoms with van der Waals surface area (Å²) in [5, 5.41) is 7.52. The molecule has 0 saturated carbocycles. The minimum Gasteiger partial charge on any atom is -0.454 e. The van der Waals surface area contributed by atoms with Crippen LogP contribution in [-0.4, -0.2) is 41.0 Å². The third-order valence-corrected chi connectivity index (χ3v) is 4.24. The Morgan fingerprint density at radius 3 is 2.68 bits per heavy atom. The van der Waals surface area contributed by atoms with Crippen molar-refractivity contribution >= 4 is 0 Å². The number of hydrogen-bond acceptors (Lipinski definition) is 5. The topological polar surface area (TPSA) is 63.3 Å². The van der Waals surface area contributed by atoms with Crippen LogP contribution in [0.3, 0.4) is 0 Å². The van der Waals surface area contributed by atoms with Gasteiger partial charge in [-0.15, -0.1) is 0 Å². The molecule has 1 aliphatic heterocycles. The average molecular weight is 336 g/mol. The summed E-state index contributed by atoms with van der Waals surface area (Å²) < 4.78 is 10.9. The highest BCUT2D eigenvalue weighted by atomic mass is 16.7. The Labute approximate surface area is 146 Å². The Hall–Kier alpha value is -2.86. The molecule has 4 rings (SSSR count). The van der Waals surface area contributed by atoms with E-state index in [1.807, 2.05) is 50.5 Å². The second kappa shape index (κ2) is 6.57. The van der Waals surface area contributed by atoms with Crippen LogP contribution < -0.4 is 9.47 Å². The van der Waals surface area contributed by atoms with Gasteiger partial charge in [0.2, 0.25) is 6.79 Å². The zero-order chi connectivity index (χ0) is 17.2. The van der Waals surface area contributed by atoms with E-state index in [4.69, 9.17) is 14.5 Å². The molecule has 6 heteroatoms. The van der Waals surface area contributed by atoms with Crippen LogP contribution in [0.15, 0.2) is 48.5 Å². The maximum Gasteiger partial charge on any atom is 0.231 e. The van der Waals surface area contributed by atoms with Crippen LogP contribution in [0.5, 0.6) is 11.5 Å². The second-order valence-corrected chi connectivity index (χ2v) is 6.28. The van der Waals surface area contributed by atoms with E-state index in [2.05, 4.69) is 27.2 Å². The number of hydrogen-bond donors (Lipinski definition) is 1. The molecule has 2 aromatic carbocycles. The third kappa shape index (κ3) is 3.21. The molecule has 0 radical (unpaired) electrons. The van der Waals surface area contributed by atoms with Gasteiger partial charge >= 0.3 is 0 Å². The molecule has 2 heterocycles. The van der Waals surface area contributed by atoms with Gasteiger partial charge in [0.15, 0.2) is 17.3 Å². The molecule has 128 valence electrons. The van der Waals surface area contributed by atoms with Crippen molar-refractivity contribution in [3.8, 4) is 11.5 Å². The van der Waals surface area contributed by atoms with E-state index in [9.17, 15) is 0 Å². The number of aromatic nitrogens is 3. The van der Waals surface area contributed by atoms with Gasteiger partial charge < -0.3 is 9.47 Å². The van der Waals surface area contributed by atoms with Crippen molar-refractivity contribution in [2.45, 2.75) is 12.5 Å². The van der Waals surface area contributed by atoms with E-state index in [1.165, 1.54) is 5.56 Å². The lowest BCUT2D eigenvalue weighted by atomic mass is 10.0. The fourth-order valence-corrected chi connectivity index (χ4v) is 3.06. The van der Waals surface area contributed by atoms with Gasteiger partial charge in [-0.05, 0) is 37.4 Å². The summed E-state index contributed by atoms with van der Waals surface area (Å²) in [7, 11) is 4.03. The van der Waals surface area contributed by atoms with Gasteiger partial charge in [0.25, 0.3) is 0 Å². The van der Waals surface area contributed by atoms with Gasteiger partial charge in [-0.3, -0.25) is 10.00 Å². The van der Waals surface area contributed by atoms with Crippen LogP contribution >= 0.6 is 0 Å². The quantitative estimate of drug-likeness (QED) is 0.776. The first-order valence-electron chi connectivity index (χ1n) is 8.22. The molecule has 0 aliphatic carbocycles. The van der Waals surface area contributed by atoms with E-state index in [-0.39, 0.29) is 12.8 Å². The summed E-state index contributed by atoms with van der Waals surface area (Å²) in [5.41, 5.74) is 2.27. The van der Waals surface area contributed by atoms with E-state index in [0.717, 1.165) is 35.1 Å². The number of nitrogens with zero attached hydrogens (tertiary/aromatic N) is 3. The Morgan fingerprint density at radius 2 is 1.88 bits per heavy atom. The monoisotopic (exact) mass is 336 g/mol. The molecule has 1 N–H and O–H groups in total. The summed E-state index contributed by atoms with van der Waals surface area (Å²) in [4.78, 5) is 6.81. The van der Waals surface area contributed by atoms with Crippen molar-refractivity contribution in [1.82, 2.24) is 20.1 Å². The molecule has 25 heavy (non-hydrogen) atoms. The van der Waals surface area contributed by atoms with Crippen molar-refractivity contribution < 1.29 is 9.47 Å². The number of benzene rings is 2. The summed E-state index contributed by atoms with van der Waals surface area (Å²) in [6.45, 7) is 0.271. The lowest BCUT2D eigenvalue weighted by Gasteiger charge is -2.22. The van der Waals surface area contributed by atoms with Gasteiger partial charge in [0.05, 0.1) is 6.04 Å². The number of rotatable bonds is 5. The lowest BCUT2D eigenvalue weighted by Crippen LogP contribution is -2.22. The summed E-state index contributed by atoms with van der Waals surface area (Å²) in [6, 6.07) is 16.2. The number of aromatic amines is 1. The Kier molecular flexibility index (Phi) is 4.11. The maximum absolute atomic E-state index is 5.50. The first-order chi connectivity index (χ1) is 12.2. The van der Waals surface area contributed by atoms with Crippen molar-refractivity contribution in [1.29, 1.82) is 0 Å². The predicted molar refractivity (Wildman–Crippen MR) is 93.7 cm³/mol. The first kappa shape index (κ1) is 15.7. The Morgan fingerprint density at radius 1 is 1.08 bits per heavy atom. The SMILES string of the molecule is CN(C)C(c1ccc2c(c1)OCO2)c1n[nH]c(Cc2ccccc2)n1. The first-order valence-corrected chi connectivity index (χ1v) is 8.22. The second-order valence-electron chi connectivity index (χ2n) is 6.28. The minimum absolute atomic E-state index is 0.0599. The lowest BCUT2D eigenvalue weighted by molar-refractivity contribution is 0.174. The van der Waals surface area contributed by atoms with Crippen LogP contribution in [-0.2, 0) is 6.42 Å². The standard InChI is InChI=1S/C19H20N4O2/c1-23(2)18(14-8-9-15-16(11-14)25-12-24-15)19-20-17(21-22-19)10-13-6-4-3-5-7-13/h3-9,11,18H,10,12H2,1-2H3,(H,20,21,22). The zero-order valence-corrected chi connectivity index (χ0v) is 14.3. The maximum atomic E-state index is 5.50. The van der Waals surface area contributed by atoms with Crippen LogP contribution in [0.25, 0.3) is 0 Å². The largest absolute Gasteiger partial charge is 0.454 e. The van der Waals surface area contributed by atoms with E-state index < -0.39 is 0 Å². The van der Waals surface area contributed by atoms with E-state index in [0.29, 0.717) is 0 Å². The number of ether oxygens (including phenoxy) is 2. The molecule has 0 amide bonds. The van der Waals surface area contributed by atoms with Gasteiger partial charge in [-0.25, -0.2) is 4.98 Å². The van der Waals surface area contributed by atoms with Crippen LogP contribution in [0.1, 0.15) is 28.8 Å². The average Bonchev–Trinajstić information content (AvgIpc) is 3.25. The molecule has 0 saturated heterocycles. The molecular weight excluding hydrogens is 316 g/mol. The van der Waals surface area contributed by atoms with Crippen molar-refractivity contribution in [2.75, 3.05) is 20.9 Å². The summed E-state index contributed by atoms with van der Waals surface area (Å²) in [5.74, 6) is 3.15. The van der Waals surface area contributed by atoms with Crippen molar-refractivity contribution in [3.05, 3.63) is 71.3 Å². The molecule has 3 aromatic rings. The highest BCUT2D eigenvalue weighted by Gasteiger charge is 2.24. The molecule has 1 aromatic heterocycles. The van der Waals surface area contributed by atoms with Crippen LogP contribution in [0, 0.1) is 0 Å². The van der Waals surface area contributed by atoms with Crippen LogP contribution in [0.4, 0.5) is 0 Å². The number of nitrogens with one attached hydrogen (secondary N) is 1.